The first-order valence-electron chi connectivity index (χ1n) is 6.24. The molecule has 1 heterocycles. The van der Waals surface area contributed by atoms with Crippen molar-refractivity contribution in [3.05, 3.63) is 28.8 Å². The Morgan fingerprint density at radius 3 is 2.82 bits per heavy atom. The molecule has 2 atom stereocenters. The van der Waals surface area contributed by atoms with Crippen molar-refractivity contribution in [3.63, 3.8) is 0 Å². The molecule has 0 N–H and O–H groups in total. The summed E-state index contributed by atoms with van der Waals surface area (Å²) in [6, 6.07) is 7.02. The average molecular weight is 317 g/mol. The molecule has 1 aliphatic heterocycles. The highest BCUT2D eigenvalue weighted by atomic mass is 79.9. The van der Waals surface area contributed by atoms with Crippen molar-refractivity contribution in [2.75, 3.05) is 11.4 Å². The number of hydrogen-bond donors (Lipinski definition) is 0. The maximum atomic E-state index is 6.28. The summed E-state index contributed by atoms with van der Waals surface area (Å²) in [6.07, 6.45) is 2.62. The molecule has 0 amide bonds. The number of alkyl halides is 1. The fourth-order valence-electron chi connectivity index (χ4n) is 2.52. The van der Waals surface area contributed by atoms with E-state index in [1.165, 1.54) is 18.5 Å². The Labute approximate surface area is 117 Å². The van der Waals surface area contributed by atoms with Crippen molar-refractivity contribution in [3.8, 4) is 0 Å². The van der Waals surface area contributed by atoms with Crippen molar-refractivity contribution >= 4 is 33.2 Å². The topological polar surface area (TPSA) is 3.24 Å². The van der Waals surface area contributed by atoms with Crippen LogP contribution in [0, 0.1) is 5.92 Å². The van der Waals surface area contributed by atoms with E-state index in [0.29, 0.717) is 6.04 Å². The normalized spacial score (nSPS) is 25.1. The highest BCUT2D eigenvalue weighted by molar-refractivity contribution is 9.08. The van der Waals surface area contributed by atoms with Crippen LogP contribution < -0.4 is 4.90 Å². The third kappa shape index (κ3) is 2.79. The predicted octanol–water partition coefficient (Wildman–Crippen LogP) is 4.86. The first kappa shape index (κ1) is 13.2. The quantitative estimate of drug-likeness (QED) is 0.704. The highest BCUT2D eigenvalue weighted by Crippen LogP contribution is 2.31. The molecule has 17 heavy (non-hydrogen) atoms. The van der Waals surface area contributed by atoms with Crippen LogP contribution in [-0.4, -0.2) is 12.6 Å². The van der Waals surface area contributed by atoms with E-state index in [9.17, 15) is 0 Å². The predicted molar refractivity (Wildman–Crippen MR) is 79.3 cm³/mol. The van der Waals surface area contributed by atoms with Crippen LogP contribution in [0.5, 0.6) is 0 Å². The molecule has 0 saturated carbocycles. The largest absolute Gasteiger partial charge is 0.369 e. The lowest BCUT2D eigenvalue weighted by Gasteiger charge is -2.39. The molecule has 0 aliphatic carbocycles. The molecule has 1 saturated heterocycles. The van der Waals surface area contributed by atoms with Crippen molar-refractivity contribution in [2.24, 2.45) is 5.92 Å². The fraction of sp³-hybridized carbons (Fsp3) is 0.571. The molecular weight excluding hydrogens is 298 g/mol. The van der Waals surface area contributed by atoms with Gasteiger partial charge in [0, 0.05) is 28.6 Å². The minimum atomic E-state index is 0.606. The Bertz CT molecular complexity index is 394. The first-order chi connectivity index (χ1) is 8.13. The molecule has 94 valence electrons. The molecular formula is C14H19BrClN. The van der Waals surface area contributed by atoms with Crippen LogP contribution in [0.15, 0.2) is 18.2 Å². The summed E-state index contributed by atoms with van der Waals surface area (Å²) in [6.45, 7) is 5.80. The van der Waals surface area contributed by atoms with Crippen LogP contribution in [-0.2, 0) is 5.33 Å². The lowest BCUT2D eigenvalue weighted by atomic mass is 9.91. The van der Waals surface area contributed by atoms with E-state index < -0.39 is 0 Å². The zero-order valence-corrected chi connectivity index (χ0v) is 12.8. The van der Waals surface area contributed by atoms with Gasteiger partial charge in [0.2, 0.25) is 0 Å². The molecule has 0 bridgehead atoms. The van der Waals surface area contributed by atoms with Gasteiger partial charge in [-0.15, -0.1) is 0 Å². The summed E-state index contributed by atoms with van der Waals surface area (Å²) < 4.78 is 0. The summed E-state index contributed by atoms with van der Waals surface area (Å²) in [5.41, 5.74) is 2.42. The zero-order valence-electron chi connectivity index (χ0n) is 10.4. The van der Waals surface area contributed by atoms with Crippen LogP contribution in [0.1, 0.15) is 32.3 Å². The van der Waals surface area contributed by atoms with E-state index >= 15 is 0 Å². The van der Waals surface area contributed by atoms with Crippen LogP contribution in [0.4, 0.5) is 5.69 Å². The van der Waals surface area contributed by atoms with Gasteiger partial charge in [0.25, 0.3) is 0 Å². The molecule has 1 aliphatic rings. The summed E-state index contributed by atoms with van der Waals surface area (Å²) in [5, 5.41) is 1.68. The molecule has 0 aromatic heterocycles. The molecule has 1 aromatic rings. The van der Waals surface area contributed by atoms with E-state index in [1.54, 1.807) is 0 Å². The van der Waals surface area contributed by atoms with Gasteiger partial charge < -0.3 is 4.90 Å². The second-order valence-corrected chi connectivity index (χ2v) is 5.93. The minimum absolute atomic E-state index is 0.606. The number of rotatable bonds is 2. The number of hydrogen-bond acceptors (Lipinski definition) is 1. The maximum Gasteiger partial charge on any atom is 0.0467 e. The van der Waals surface area contributed by atoms with Crippen LogP contribution >= 0.6 is 27.5 Å². The molecule has 0 spiro atoms. The van der Waals surface area contributed by atoms with Crippen LogP contribution in [0.25, 0.3) is 0 Å². The Balaban J connectivity index is 2.24. The van der Waals surface area contributed by atoms with Gasteiger partial charge in [-0.25, -0.2) is 0 Å². The van der Waals surface area contributed by atoms with Gasteiger partial charge in [-0.3, -0.25) is 0 Å². The number of benzene rings is 1. The van der Waals surface area contributed by atoms with Crippen molar-refractivity contribution in [1.29, 1.82) is 0 Å². The number of halogens is 2. The Hall–Kier alpha value is -0.210. The Morgan fingerprint density at radius 2 is 2.18 bits per heavy atom. The van der Waals surface area contributed by atoms with E-state index in [2.05, 4.69) is 52.9 Å². The van der Waals surface area contributed by atoms with Gasteiger partial charge in [0.05, 0.1) is 0 Å². The second-order valence-electron chi connectivity index (χ2n) is 4.96. The molecule has 2 rings (SSSR count). The van der Waals surface area contributed by atoms with Gasteiger partial charge in [0.1, 0.15) is 0 Å². The Morgan fingerprint density at radius 1 is 1.41 bits per heavy atom. The molecule has 2 unspecified atom stereocenters. The third-order valence-electron chi connectivity index (χ3n) is 3.89. The maximum absolute atomic E-state index is 6.28. The lowest BCUT2D eigenvalue weighted by molar-refractivity contribution is 0.363. The fourth-order valence-corrected chi connectivity index (χ4v) is 3.42. The van der Waals surface area contributed by atoms with Gasteiger partial charge in [-0.2, -0.15) is 0 Å². The van der Waals surface area contributed by atoms with E-state index in [-0.39, 0.29) is 0 Å². The van der Waals surface area contributed by atoms with Crippen LogP contribution in [0.2, 0.25) is 5.02 Å². The first-order valence-corrected chi connectivity index (χ1v) is 7.74. The van der Waals surface area contributed by atoms with Gasteiger partial charge in [0.15, 0.2) is 0 Å². The number of nitrogens with zero attached hydrogens (tertiary/aromatic N) is 1. The molecule has 1 nitrogen and oxygen atoms in total. The average Bonchev–Trinajstić information content (AvgIpc) is 2.32. The summed E-state index contributed by atoms with van der Waals surface area (Å²) >= 11 is 9.73. The van der Waals surface area contributed by atoms with Crippen molar-refractivity contribution in [1.82, 2.24) is 0 Å². The van der Waals surface area contributed by atoms with Crippen molar-refractivity contribution < 1.29 is 0 Å². The molecule has 1 aromatic carbocycles. The minimum Gasteiger partial charge on any atom is -0.369 e. The molecule has 1 fully saturated rings. The third-order valence-corrected chi connectivity index (χ3v) is 4.84. The van der Waals surface area contributed by atoms with Gasteiger partial charge >= 0.3 is 0 Å². The lowest BCUT2D eigenvalue weighted by Crippen LogP contribution is -2.42. The van der Waals surface area contributed by atoms with E-state index in [0.717, 1.165) is 28.4 Å². The molecule has 0 radical (unpaired) electrons. The van der Waals surface area contributed by atoms with Gasteiger partial charge in [-0.1, -0.05) is 40.5 Å². The number of piperidine rings is 1. The van der Waals surface area contributed by atoms with Gasteiger partial charge in [-0.05, 0) is 43.4 Å². The zero-order chi connectivity index (χ0) is 12.4. The SMILES string of the molecule is CC1CCCN(c2ccc(CBr)c(Cl)c2)C1C. The Kier molecular flexibility index (Phi) is 4.37. The van der Waals surface area contributed by atoms with Crippen LogP contribution in [0.3, 0.4) is 0 Å². The standard InChI is InChI=1S/C14H19BrClN/c1-10-4-3-7-17(11(10)2)13-6-5-12(9-15)14(16)8-13/h5-6,8,10-11H,3-4,7,9H2,1-2H3. The summed E-state index contributed by atoms with van der Waals surface area (Å²) in [7, 11) is 0. The molecule has 3 heteroatoms. The highest BCUT2D eigenvalue weighted by Gasteiger charge is 2.24. The van der Waals surface area contributed by atoms with E-state index in [4.69, 9.17) is 11.6 Å². The summed E-state index contributed by atoms with van der Waals surface area (Å²) in [4.78, 5) is 2.48. The smallest absolute Gasteiger partial charge is 0.0467 e. The van der Waals surface area contributed by atoms with E-state index in [1.807, 2.05) is 0 Å². The number of anilines is 1. The van der Waals surface area contributed by atoms with Crippen molar-refractivity contribution in [2.45, 2.75) is 38.1 Å². The summed E-state index contributed by atoms with van der Waals surface area (Å²) in [5.74, 6) is 0.762. The second kappa shape index (κ2) is 5.62. The monoisotopic (exact) mass is 315 g/mol.